The Morgan fingerprint density at radius 3 is 3.00 bits per heavy atom. The Morgan fingerprint density at radius 2 is 2.20 bits per heavy atom. The van der Waals surface area contributed by atoms with E-state index < -0.39 is 0 Å². The number of thiazole rings is 1. The molecule has 0 amide bonds. The third-order valence-corrected chi connectivity index (χ3v) is 3.95. The topological polar surface area (TPSA) is 63.8 Å². The Labute approximate surface area is 125 Å². The molecule has 3 aromatic rings. The number of anilines is 2. The van der Waals surface area contributed by atoms with Crippen molar-refractivity contribution in [3.8, 4) is 0 Å². The number of nitrogens with two attached hydrogens (primary N) is 1. The summed E-state index contributed by atoms with van der Waals surface area (Å²) in [5, 5.41) is 4.04. The lowest BCUT2D eigenvalue weighted by Crippen LogP contribution is -2.13. The SMILES string of the molecule is Cc1ccc2nc(Nc3cccnc3C(N)=S)sc2c1. The molecule has 0 radical (unpaired) electrons. The summed E-state index contributed by atoms with van der Waals surface area (Å²) in [4.78, 5) is 9.00. The smallest absolute Gasteiger partial charge is 0.188 e. The molecule has 0 fully saturated rings. The van der Waals surface area contributed by atoms with Gasteiger partial charge in [-0.1, -0.05) is 29.6 Å². The van der Waals surface area contributed by atoms with Gasteiger partial charge < -0.3 is 11.1 Å². The number of aryl methyl sites for hydroxylation is 1. The molecule has 0 saturated carbocycles. The zero-order valence-electron chi connectivity index (χ0n) is 10.8. The van der Waals surface area contributed by atoms with Crippen molar-refractivity contribution >= 4 is 49.6 Å². The number of hydrogen-bond acceptors (Lipinski definition) is 5. The van der Waals surface area contributed by atoms with Gasteiger partial charge in [-0.2, -0.15) is 0 Å². The van der Waals surface area contributed by atoms with E-state index in [4.69, 9.17) is 18.0 Å². The summed E-state index contributed by atoms with van der Waals surface area (Å²) in [6.07, 6.45) is 1.67. The molecule has 0 unspecified atom stereocenters. The first-order valence-corrected chi connectivity index (χ1v) is 7.25. The van der Waals surface area contributed by atoms with E-state index in [2.05, 4.69) is 34.3 Å². The van der Waals surface area contributed by atoms with Crippen molar-refractivity contribution < 1.29 is 0 Å². The van der Waals surface area contributed by atoms with Crippen LogP contribution in [0.4, 0.5) is 10.8 Å². The molecule has 1 aromatic carbocycles. The number of aromatic nitrogens is 2. The number of nitrogens with zero attached hydrogens (tertiary/aromatic N) is 2. The molecular formula is C14H12N4S2. The van der Waals surface area contributed by atoms with Gasteiger partial charge in [0.1, 0.15) is 10.7 Å². The average molecular weight is 300 g/mol. The number of hydrogen-bond donors (Lipinski definition) is 2. The first-order chi connectivity index (χ1) is 9.63. The minimum absolute atomic E-state index is 0.269. The number of thiocarbonyl (C=S) groups is 1. The van der Waals surface area contributed by atoms with E-state index in [1.807, 2.05) is 18.2 Å². The Hall–Kier alpha value is -2.05. The van der Waals surface area contributed by atoms with Crippen molar-refractivity contribution in [3.05, 3.63) is 47.8 Å². The summed E-state index contributed by atoms with van der Waals surface area (Å²) in [5.74, 6) is 0. The second-order valence-electron chi connectivity index (χ2n) is 4.38. The predicted molar refractivity (Wildman–Crippen MR) is 87.8 cm³/mol. The minimum atomic E-state index is 0.269. The molecule has 0 bridgehead atoms. The molecule has 4 nitrogen and oxygen atoms in total. The number of fused-ring (bicyclic) bond motifs is 1. The molecule has 0 aliphatic heterocycles. The van der Waals surface area contributed by atoms with Crippen molar-refractivity contribution in [2.24, 2.45) is 5.73 Å². The van der Waals surface area contributed by atoms with Crippen LogP contribution in [0, 0.1) is 6.92 Å². The maximum atomic E-state index is 5.68. The minimum Gasteiger partial charge on any atom is -0.388 e. The van der Waals surface area contributed by atoms with Crippen LogP contribution in [0.15, 0.2) is 36.5 Å². The van der Waals surface area contributed by atoms with Crippen LogP contribution in [0.2, 0.25) is 0 Å². The Balaban J connectivity index is 1.99. The highest BCUT2D eigenvalue weighted by atomic mass is 32.1. The van der Waals surface area contributed by atoms with Gasteiger partial charge in [0.2, 0.25) is 0 Å². The van der Waals surface area contributed by atoms with Gasteiger partial charge in [0.15, 0.2) is 5.13 Å². The first-order valence-electron chi connectivity index (χ1n) is 6.02. The van der Waals surface area contributed by atoms with Crippen LogP contribution in [0.25, 0.3) is 10.2 Å². The Kier molecular flexibility index (Phi) is 3.33. The maximum absolute atomic E-state index is 5.68. The van der Waals surface area contributed by atoms with E-state index in [9.17, 15) is 0 Å². The van der Waals surface area contributed by atoms with Gasteiger partial charge in [0, 0.05) is 6.20 Å². The van der Waals surface area contributed by atoms with Crippen molar-refractivity contribution in [2.45, 2.75) is 6.92 Å². The monoisotopic (exact) mass is 300 g/mol. The highest BCUT2D eigenvalue weighted by Crippen LogP contribution is 2.29. The molecule has 0 aliphatic rings. The summed E-state index contributed by atoms with van der Waals surface area (Å²) in [6.45, 7) is 2.07. The van der Waals surface area contributed by atoms with E-state index in [1.165, 1.54) is 5.56 Å². The highest BCUT2D eigenvalue weighted by Gasteiger charge is 2.09. The number of rotatable bonds is 3. The van der Waals surface area contributed by atoms with E-state index in [1.54, 1.807) is 17.5 Å². The van der Waals surface area contributed by atoms with Crippen LogP contribution in [-0.2, 0) is 0 Å². The van der Waals surface area contributed by atoms with Gasteiger partial charge in [-0.3, -0.25) is 4.98 Å². The Morgan fingerprint density at radius 1 is 1.35 bits per heavy atom. The summed E-state index contributed by atoms with van der Waals surface area (Å²) in [5.41, 5.74) is 9.23. The van der Waals surface area contributed by atoms with Gasteiger partial charge in [0.25, 0.3) is 0 Å². The number of benzene rings is 1. The van der Waals surface area contributed by atoms with E-state index in [-0.39, 0.29) is 4.99 Å². The summed E-state index contributed by atoms with van der Waals surface area (Å²) >= 11 is 6.60. The van der Waals surface area contributed by atoms with Gasteiger partial charge in [-0.05, 0) is 36.8 Å². The molecule has 0 saturated heterocycles. The van der Waals surface area contributed by atoms with Crippen molar-refractivity contribution in [1.29, 1.82) is 0 Å². The van der Waals surface area contributed by atoms with Crippen molar-refractivity contribution in [3.63, 3.8) is 0 Å². The molecular weight excluding hydrogens is 288 g/mol. The molecule has 6 heteroatoms. The standard InChI is InChI=1S/C14H12N4S2/c1-8-4-5-9-11(7-8)20-14(17-9)18-10-3-2-6-16-12(10)13(15)19/h2-7H,1H3,(H2,15,19)(H,17,18). The fraction of sp³-hybridized carbons (Fsp3) is 0.0714. The number of pyridine rings is 1. The average Bonchev–Trinajstić information content (AvgIpc) is 2.80. The van der Waals surface area contributed by atoms with Crippen LogP contribution in [0.3, 0.4) is 0 Å². The van der Waals surface area contributed by atoms with Crippen LogP contribution >= 0.6 is 23.6 Å². The molecule has 2 aromatic heterocycles. The van der Waals surface area contributed by atoms with Crippen LogP contribution in [0.5, 0.6) is 0 Å². The fourth-order valence-corrected chi connectivity index (χ4v) is 3.04. The fourth-order valence-electron chi connectivity index (χ4n) is 1.90. The molecule has 2 heterocycles. The van der Waals surface area contributed by atoms with Crippen molar-refractivity contribution in [2.75, 3.05) is 5.32 Å². The lowest BCUT2D eigenvalue weighted by Gasteiger charge is -2.06. The van der Waals surface area contributed by atoms with E-state index in [0.29, 0.717) is 5.69 Å². The molecule has 3 N–H and O–H groups in total. The molecule has 20 heavy (non-hydrogen) atoms. The predicted octanol–water partition coefficient (Wildman–Crippen LogP) is 3.38. The van der Waals surface area contributed by atoms with Gasteiger partial charge in [-0.15, -0.1) is 0 Å². The summed E-state index contributed by atoms with van der Waals surface area (Å²) in [6, 6.07) is 9.91. The zero-order valence-corrected chi connectivity index (χ0v) is 12.4. The van der Waals surface area contributed by atoms with E-state index >= 15 is 0 Å². The third kappa shape index (κ3) is 2.48. The van der Waals surface area contributed by atoms with Gasteiger partial charge >= 0.3 is 0 Å². The number of nitrogens with one attached hydrogen (secondary N) is 1. The van der Waals surface area contributed by atoms with Gasteiger partial charge in [-0.25, -0.2) is 4.98 Å². The Bertz CT molecular complexity index is 795. The summed E-state index contributed by atoms with van der Waals surface area (Å²) in [7, 11) is 0. The lowest BCUT2D eigenvalue weighted by atomic mass is 10.2. The van der Waals surface area contributed by atoms with Crippen LogP contribution < -0.4 is 11.1 Å². The second-order valence-corrected chi connectivity index (χ2v) is 5.85. The largest absolute Gasteiger partial charge is 0.388 e. The molecule has 0 aliphatic carbocycles. The zero-order chi connectivity index (χ0) is 14.1. The molecule has 0 spiro atoms. The second kappa shape index (κ2) is 5.15. The quantitative estimate of drug-likeness (QED) is 0.726. The normalized spacial score (nSPS) is 10.7. The maximum Gasteiger partial charge on any atom is 0.188 e. The summed E-state index contributed by atoms with van der Waals surface area (Å²) < 4.78 is 1.15. The third-order valence-electron chi connectivity index (χ3n) is 2.83. The van der Waals surface area contributed by atoms with Crippen LogP contribution in [-0.4, -0.2) is 15.0 Å². The highest BCUT2D eigenvalue weighted by molar-refractivity contribution is 7.80. The molecule has 0 atom stereocenters. The van der Waals surface area contributed by atoms with Crippen molar-refractivity contribution in [1.82, 2.24) is 9.97 Å². The first kappa shape index (κ1) is 13.0. The lowest BCUT2D eigenvalue weighted by molar-refractivity contribution is 1.28. The van der Waals surface area contributed by atoms with Gasteiger partial charge in [0.05, 0.1) is 15.9 Å². The van der Waals surface area contributed by atoms with E-state index in [0.717, 1.165) is 21.0 Å². The van der Waals surface area contributed by atoms with Crippen LogP contribution in [0.1, 0.15) is 11.3 Å². The molecule has 100 valence electrons. The molecule has 3 rings (SSSR count).